The van der Waals surface area contributed by atoms with Gasteiger partial charge in [0, 0.05) is 11.6 Å². The number of rotatable bonds is 4. The summed E-state index contributed by atoms with van der Waals surface area (Å²) in [5, 5.41) is 1.86. The summed E-state index contributed by atoms with van der Waals surface area (Å²) < 4.78 is 41.2. The van der Waals surface area contributed by atoms with Crippen LogP contribution >= 0.6 is 12.6 Å². The van der Waals surface area contributed by atoms with Crippen LogP contribution in [0.4, 0.5) is 24.7 Å². The Morgan fingerprint density at radius 2 is 1.68 bits per heavy atom. The van der Waals surface area contributed by atoms with Crippen molar-refractivity contribution in [1.29, 1.82) is 0 Å². The van der Waals surface area contributed by atoms with Gasteiger partial charge < -0.3 is 5.32 Å². The minimum absolute atomic E-state index is 0.0102. The minimum Gasteiger partial charge on any atom is -0.337 e. The van der Waals surface area contributed by atoms with E-state index in [1.807, 2.05) is 0 Å². The number of halogens is 3. The molecule has 2 aromatic carbocycles. The van der Waals surface area contributed by atoms with E-state index in [0.29, 0.717) is 11.6 Å². The van der Waals surface area contributed by atoms with E-state index >= 15 is 0 Å². The van der Waals surface area contributed by atoms with E-state index in [1.165, 1.54) is 0 Å². The summed E-state index contributed by atoms with van der Waals surface area (Å²) in [6, 6.07) is 12.4. The van der Waals surface area contributed by atoms with Crippen molar-refractivity contribution in [2.75, 3.05) is 5.32 Å². The van der Waals surface area contributed by atoms with E-state index in [1.54, 1.807) is 30.3 Å². The van der Waals surface area contributed by atoms with Crippen molar-refractivity contribution in [2.45, 2.75) is 0 Å². The first-order valence-corrected chi connectivity index (χ1v) is 7.62. The monoisotopic (exact) mass is 360 g/mol. The lowest BCUT2D eigenvalue weighted by molar-refractivity contribution is 0.109. The highest BCUT2D eigenvalue weighted by atomic mass is 32.1. The van der Waals surface area contributed by atoms with E-state index in [0.717, 1.165) is 18.2 Å². The maximum Gasteiger partial charge on any atom is 0.220 e. The molecule has 25 heavy (non-hydrogen) atoms. The van der Waals surface area contributed by atoms with Crippen LogP contribution < -0.4 is 5.32 Å². The van der Waals surface area contributed by atoms with Crippen LogP contribution in [0.3, 0.4) is 0 Å². The molecule has 0 unspecified atom stereocenters. The average molecular weight is 360 g/mol. The lowest BCUT2D eigenvalue weighted by Gasteiger charge is -2.13. The van der Waals surface area contributed by atoms with Crippen LogP contribution in [0.2, 0.25) is 0 Å². The van der Waals surface area contributed by atoms with Crippen molar-refractivity contribution in [1.82, 2.24) is 4.98 Å². The van der Waals surface area contributed by atoms with Crippen LogP contribution in [0, 0.1) is 17.5 Å². The van der Waals surface area contributed by atoms with Gasteiger partial charge in [-0.15, -0.1) is 12.6 Å². The van der Waals surface area contributed by atoms with E-state index in [4.69, 9.17) is 0 Å². The van der Waals surface area contributed by atoms with Gasteiger partial charge in [0.05, 0.1) is 11.3 Å². The van der Waals surface area contributed by atoms with Crippen LogP contribution in [-0.4, -0.2) is 10.1 Å². The maximum absolute atomic E-state index is 14.3. The molecular formula is C18H11F3N2OS. The molecule has 1 N–H and O–H groups in total. The van der Waals surface area contributed by atoms with Crippen molar-refractivity contribution in [3.05, 3.63) is 77.6 Å². The highest BCUT2D eigenvalue weighted by Crippen LogP contribution is 2.29. The SMILES string of the molecule is O=C(S)c1cc(F)c(-c2ccccc2)nc1Nc1ccc(F)cc1F. The number of pyridine rings is 1. The van der Waals surface area contributed by atoms with Crippen LogP contribution in [0.1, 0.15) is 10.4 Å². The second kappa shape index (κ2) is 6.98. The molecule has 7 heteroatoms. The summed E-state index contributed by atoms with van der Waals surface area (Å²) in [4.78, 5) is 15.8. The van der Waals surface area contributed by atoms with Crippen LogP contribution in [0.5, 0.6) is 0 Å². The van der Waals surface area contributed by atoms with E-state index in [9.17, 15) is 18.0 Å². The Balaban J connectivity index is 2.11. The number of nitrogens with zero attached hydrogens (tertiary/aromatic N) is 1. The summed E-state index contributed by atoms with van der Waals surface area (Å²) in [7, 11) is 0. The number of carbonyl (C=O) groups excluding carboxylic acids is 1. The number of aromatic nitrogens is 1. The minimum atomic E-state index is -0.870. The first-order chi connectivity index (χ1) is 12.0. The summed E-state index contributed by atoms with van der Waals surface area (Å²) in [5.41, 5.74) is 0.212. The molecule has 0 atom stereocenters. The predicted molar refractivity (Wildman–Crippen MR) is 92.6 cm³/mol. The third-order valence-corrected chi connectivity index (χ3v) is 3.68. The fourth-order valence-electron chi connectivity index (χ4n) is 2.26. The molecule has 126 valence electrons. The molecule has 0 fully saturated rings. The second-order valence-corrected chi connectivity index (χ2v) is 5.54. The fourth-order valence-corrected chi connectivity index (χ4v) is 2.43. The van der Waals surface area contributed by atoms with Crippen molar-refractivity contribution in [3.8, 4) is 11.3 Å². The Kier molecular flexibility index (Phi) is 4.76. The van der Waals surface area contributed by atoms with E-state index in [2.05, 4.69) is 22.9 Å². The number of benzene rings is 2. The number of nitrogens with one attached hydrogen (secondary N) is 1. The molecule has 3 rings (SSSR count). The molecule has 0 spiro atoms. The lowest BCUT2D eigenvalue weighted by Crippen LogP contribution is -2.06. The molecule has 1 aromatic heterocycles. The van der Waals surface area contributed by atoms with Gasteiger partial charge in [-0.2, -0.15) is 0 Å². The normalized spacial score (nSPS) is 10.6. The molecule has 3 aromatic rings. The highest BCUT2D eigenvalue weighted by Gasteiger charge is 2.18. The molecule has 0 amide bonds. The van der Waals surface area contributed by atoms with Gasteiger partial charge in [0.25, 0.3) is 0 Å². The average Bonchev–Trinajstić information content (AvgIpc) is 2.59. The third-order valence-electron chi connectivity index (χ3n) is 3.44. The Hall–Kier alpha value is -2.80. The fraction of sp³-hybridized carbons (Fsp3) is 0. The first-order valence-electron chi connectivity index (χ1n) is 7.17. The van der Waals surface area contributed by atoms with Crippen LogP contribution in [0.25, 0.3) is 11.3 Å². The number of hydrogen-bond donors (Lipinski definition) is 2. The van der Waals surface area contributed by atoms with Gasteiger partial charge in [-0.3, -0.25) is 4.79 Å². The molecular weight excluding hydrogens is 349 g/mol. The van der Waals surface area contributed by atoms with Gasteiger partial charge >= 0.3 is 0 Å². The molecule has 0 aliphatic carbocycles. The van der Waals surface area contributed by atoms with Crippen LogP contribution in [0.15, 0.2) is 54.6 Å². The van der Waals surface area contributed by atoms with Crippen molar-refractivity contribution in [3.63, 3.8) is 0 Å². The van der Waals surface area contributed by atoms with Gasteiger partial charge in [-0.25, -0.2) is 18.2 Å². The molecule has 0 aliphatic rings. The van der Waals surface area contributed by atoms with Gasteiger partial charge in [0.1, 0.15) is 29.0 Å². The Morgan fingerprint density at radius 3 is 2.32 bits per heavy atom. The number of anilines is 2. The van der Waals surface area contributed by atoms with Gasteiger partial charge in [0.2, 0.25) is 5.12 Å². The number of thiol groups is 1. The largest absolute Gasteiger partial charge is 0.337 e. The molecule has 0 saturated carbocycles. The smallest absolute Gasteiger partial charge is 0.220 e. The van der Waals surface area contributed by atoms with E-state index in [-0.39, 0.29) is 22.8 Å². The maximum atomic E-state index is 14.3. The van der Waals surface area contributed by atoms with E-state index < -0.39 is 22.6 Å². The Labute approximate surface area is 146 Å². The molecule has 3 nitrogen and oxygen atoms in total. The zero-order valence-corrected chi connectivity index (χ0v) is 13.5. The van der Waals surface area contributed by atoms with Crippen molar-refractivity contribution in [2.24, 2.45) is 0 Å². The zero-order valence-electron chi connectivity index (χ0n) is 12.6. The summed E-state index contributed by atoms with van der Waals surface area (Å²) in [5.74, 6) is -2.41. The topological polar surface area (TPSA) is 42.0 Å². The summed E-state index contributed by atoms with van der Waals surface area (Å²) in [6.45, 7) is 0. The standard InChI is InChI=1S/C18H11F3N2OS/c19-11-6-7-15(13(20)8-11)22-17-12(18(24)25)9-14(21)16(23-17)10-4-2-1-3-5-10/h1-9H,(H,22,23)(H,24,25). The number of carbonyl (C=O) groups is 1. The second-order valence-electron chi connectivity index (χ2n) is 5.14. The van der Waals surface area contributed by atoms with Crippen LogP contribution in [-0.2, 0) is 0 Å². The zero-order chi connectivity index (χ0) is 18.0. The van der Waals surface area contributed by atoms with Gasteiger partial charge in [-0.05, 0) is 18.2 Å². The summed E-state index contributed by atoms with van der Waals surface area (Å²) in [6.07, 6.45) is 0. The van der Waals surface area contributed by atoms with Crippen molar-refractivity contribution >= 4 is 29.2 Å². The molecule has 1 heterocycles. The summed E-state index contributed by atoms with van der Waals surface area (Å²) >= 11 is 3.70. The van der Waals surface area contributed by atoms with Gasteiger partial charge in [-0.1, -0.05) is 30.3 Å². The number of hydrogen-bond acceptors (Lipinski definition) is 3. The molecule has 0 radical (unpaired) electrons. The Bertz CT molecular complexity index is 949. The highest BCUT2D eigenvalue weighted by molar-refractivity contribution is 7.97. The lowest BCUT2D eigenvalue weighted by atomic mass is 10.1. The molecule has 0 saturated heterocycles. The third kappa shape index (κ3) is 3.66. The van der Waals surface area contributed by atoms with Crippen molar-refractivity contribution < 1.29 is 18.0 Å². The quantitative estimate of drug-likeness (QED) is 0.645. The molecule has 0 aliphatic heterocycles. The van der Waals surface area contributed by atoms with Gasteiger partial charge in [0.15, 0.2) is 0 Å². The molecule has 0 bridgehead atoms. The first kappa shape index (κ1) is 17.0. The predicted octanol–water partition coefficient (Wildman–Crippen LogP) is 4.98. The Morgan fingerprint density at radius 1 is 0.960 bits per heavy atom.